The van der Waals surface area contributed by atoms with Crippen LogP contribution in [0.15, 0.2) is 12.5 Å². The number of rotatable bonds is 5. The average molecular weight is 252 g/mol. The van der Waals surface area contributed by atoms with Crippen LogP contribution in [0.25, 0.3) is 0 Å². The molecule has 0 radical (unpaired) electrons. The third kappa shape index (κ3) is 3.54. The van der Waals surface area contributed by atoms with E-state index in [-0.39, 0.29) is 5.91 Å². The zero-order valence-corrected chi connectivity index (χ0v) is 10.8. The number of carbonyl (C=O) groups is 1. The minimum absolute atomic E-state index is 0.135. The number of hydrogen-bond donors (Lipinski definition) is 1. The molecular weight excluding hydrogens is 232 g/mol. The number of nitrogens with zero attached hydrogens (tertiary/aromatic N) is 3. The number of morpholine rings is 1. The predicted molar refractivity (Wildman–Crippen MR) is 67.3 cm³/mol. The van der Waals surface area contributed by atoms with Gasteiger partial charge in [-0.1, -0.05) is 0 Å². The Morgan fingerprint density at radius 2 is 2.28 bits per heavy atom. The van der Waals surface area contributed by atoms with Gasteiger partial charge in [0.2, 0.25) is 5.91 Å². The number of imidazole rings is 1. The molecule has 100 valence electrons. The molecule has 1 N–H and O–H groups in total. The van der Waals surface area contributed by atoms with Crippen molar-refractivity contribution in [1.29, 1.82) is 0 Å². The minimum Gasteiger partial charge on any atom is -0.378 e. The fourth-order valence-electron chi connectivity index (χ4n) is 1.94. The molecule has 0 bridgehead atoms. The van der Waals surface area contributed by atoms with Gasteiger partial charge in [0.05, 0.1) is 25.2 Å². The summed E-state index contributed by atoms with van der Waals surface area (Å²) >= 11 is 0. The molecule has 1 saturated heterocycles. The van der Waals surface area contributed by atoms with E-state index in [0.29, 0.717) is 32.8 Å². The Morgan fingerprint density at radius 1 is 1.50 bits per heavy atom. The zero-order valence-electron chi connectivity index (χ0n) is 10.8. The van der Waals surface area contributed by atoms with Crippen LogP contribution in [0.3, 0.4) is 0 Å². The number of amides is 1. The maximum atomic E-state index is 12.0. The average Bonchev–Trinajstić information content (AvgIpc) is 2.85. The van der Waals surface area contributed by atoms with E-state index < -0.39 is 0 Å². The van der Waals surface area contributed by atoms with Gasteiger partial charge >= 0.3 is 0 Å². The molecule has 0 spiro atoms. The highest BCUT2D eigenvalue weighted by molar-refractivity contribution is 5.76. The normalized spacial score (nSPS) is 15.9. The Balaban J connectivity index is 1.84. The van der Waals surface area contributed by atoms with Gasteiger partial charge in [-0.25, -0.2) is 4.98 Å². The summed E-state index contributed by atoms with van der Waals surface area (Å²) in [6.07, 6.45) is 4.55. The summed E-state index contributed by atoms with van der Waals surface area (Å²) in [6, 6.07) is 0. The van der Waals surface area contributed by atoms with Crippen LogP contribution in [-0.2, 0) is 22.5 Å². The van der Waals surface area contributed by atoms with Crippen LogP contribution in [0, 0.1) is 0 Å². The van der Waals surface area contributed by atoms with Crippen molar-refractivity contribution >= 4 is 5.91 Å². The van der Waals surface area contributed by atoms with Crippen LogP contribution in [0.1, 0.15) is 5.69 Å². The fourth-order valence-corrected chi connectivity index (χ4v) is 1.94. The van der Waals surface area contributed by atoms with E-state index in [2.05, 4.69) is 10.3 Å². The molecule has 0 unspecified atom stereocenters. The van der Waals surface area contributed by atoms with E-state index >= 15 is 0 Å². The second kappa shape index (κ2) is 6.51. The molecule has 1 amide bonds. The molecule has 2 heterocycles. The third-order valence-corrected chi connectivity index (χ3v) is 3.00. The van der Waals surface area contributed by atoms with Crippen molar-refractivity contribution in [2.75, 3.05) is 39.9 Å². The van der Waals surface area contributed by atoms with Crippen molar-refractivity contribution in [3.8, 4) is 0 Å². The van der Waals surface area contributed by atoms with E-state index in [1.54, 1.807) is 6.33 Å². The standard InChI is InChI=1S/C12H20N4O2/c1-13-3-2-11-8-15(10-14-11)9-12(17)16-4-6-18-7-5-16/h8,10,13H,2-7,9H2,1H3. The molecule has 0 aliphatic carbocycles. The first-order chi connectivity index (χ1) is 8.79. The van der Waals surface area contributed by atoms with Crippen LogP contribution in [0.5, 0.6) is 0 Å². The highest BCUT2D eigenvalue weighted by Crippen LogP contribution is 2.02. The SMILES string of the molecule is CNCCc1cn(CC(=O)N2CCOCC2)cn1. The highest BCUT2D eigenvalue weighted by atomic mass is 16.5. The van der Waals surface area contributed by atoms with Crippen molar-refractivity contribution in [1.82, 2.24) is 19.8 Å². The first-order valence-electron chi connectivity index (χ1n) is 6.30. The lowest BCUT2D eigenvalue weighted by atomic mass is 10.3. The number of hydrogen-bond acceptors (Lipinski definition) is 4. The molecule has 1 aromatic rings. The molecular formula is C12H20N4O2. The number of likely N-dealkylation sites (N-methyl/N-ethyl adjacent to an activating group) is 1. The Morgan fingerprint density at radius 3 is 3.00 bits per heavy atom. The van der Waals surface area contributed by atoms with Crippen LogP contribution in [0.4, 0.5) is 0 Å². The summed E-state index contributed by atoms with van der Waals surface area (Å²) in [5.41, 5.74) is 1.01. The number of ether oxygens (including phenoxy) is 1. The Kier molecular flexibility index (Phi) is 4.72. The topological polar surface area (TPSA) is 59.4 Å². The van der Waals surface area contributed by atoms with Gasteiger partial charge in [0.25, 0.3) is 0 Å². The molecule has 18 heavy (non-hydrogen) atoms. The second-order valence-electron chi connectivity index (χ2n) is 4.38. The van der Waals surface area contributed by atoms with Crippen molar-refractivity contribution in [2.45, 2.75) is 13.0 Å². The van der Waals surface area contributed by atoms with Gasteiger partial charge in [0.15, 0.2) is 0 Å². The lowest BCUT2D eigenvalue weighted by molar-refractivity contribution is -0.135. The van der Waals surface area contributed by atoms with E-state index in [4.69, 9.17) is 4.74 Å². The second-order valence-corrected chi connectivity index (χ2v) is 4.38. The van der Waals surface area contributed by atoms with Gasteiger partial charge in [-0.15, -0.1) is 0 Å². The van der Waals surface area contributed by atoms with Crippen molar-refractivity contribution < 1.29 is 9.53 Å². The summed E-state index contributed by atoms with van der Waals surface area (Å²) in [5, 5.41) is 3.08. The largest absolute Gasteiger partial charge is 0.378 e. The Hall–Kier alpha value is -1.40. The molecule has 6 heteroatoms. The first-order valence-corrected chi connectivity index (χ1v) is 6.30. The molecule has 1 aliphatic rings. The molecule has 0 saturated carbocycles. The molecule has 1 aliphatic heterocycles. The van der Waals surface area contributed by atoms with E-state index in [9.17, 15) is 4.79 Å². The molecule has 1 fully saturated rings. The maximum Gasteiger partial charge on any atom is 0.242 e. The first kappa shape index (κ1) is 13.0. The van der Waals surface area contributed by atoms with Gasteiger partial charge < -0.3 is 19.5 Å². The number of aromatic nitrogens is 2. The lowest BCUT2D eigenvalue weighted by Gasteiger charge is -2.26. The molecule has 0 atom stereocenters. The fraction of sp³-hybridized carbons (Fsp3) is 0.667. The number of nitrogens with one attached hydrogen (secondary N) is 1. The van der Waals surface area contributed by atoms with Gasteiger partial charge in [-0.2, -0.15) is 0 Å². The van der Waals surface area contributed by atoms with Crippen LogP contribution >= 0.6 is 0 Å². The lowest BCUT2D eigenvalue weighted by Crippen LogP contribution is -2.42. The Bertz CT molecular complexity index is 385. The monoisotopic (exact) mass is 252 g/mol. The quantitative estimate of drug-likeness (QED) is 0.768. The van der Waals surface area contributed by atoms with Crippen molar-refractivity contribution in [2.24, 2.45) is 0 Å². The van der Waals surface area contributed by atoms with Gasteiger partial charge in [0, 0.05) is 32.3 Å². The summed E-state index contributed by atoms with van der Waals surface area (Å²) in [4.78, 5) is 18.1. The van der Waals surface area contributed by atoms with E-state index in [0.717, 1.165) is 18.7 Å². The molecule has 0 aromatic carbocycles. The summed E-state index contributed by atoms with van der Waals surface area (Å²) in [6.45, 7) is 3.94. The third-order valence-electron chi connectivity index (χ3n) is 3.00. The number of carbonyl (C=O) groups excluding carboxylic acids is 1. The predicted octanol–water partition coefficient (Wildman–Crippen LogP) is -0.496. The highest BCUT2D eigenvalue weighted by Gasteiger charge is 2.16. The zero-order chi connectivity index (χ0) is 12.8. The molecule has 2 rings (SSSR count). The smallest absolute Gasteiger partial charge is 0.242 e. The van der Waals surface area contributed by atoms with Crippen molar-refractivity contribution in [3.63, 3.8) is 0 Å². The van der Waals surface area contributed by atoms with Crippen LogP contribution in [0.2, 0.25) is 0 Å². The van der Waals surface area contributed by atoms with E-state index in [1.807, 2.05) is 22.7 Å². The van der Waals surface area contributed by atoms with Gasteiger partial charge in [-0.05, 0) is 7.05 Å². The maximum absolute atomic E-state index is 12.0. The van der Waals surface area contributed by atoms with Crippen LogP contribution in [-0.4, -0.2) is 60.3 Å². The summed E-state index contributed by atoms with van der Waals surface area (Å²) in [7, 11) is 1.92. The summed E-state index contributed by atoms with van der Waals surface area (Å²) < 4.78 is 7.08. The van der Waals surface area contributed by atoms with E-state index in [1.165, 1.54) is 0 Å². The minimum atomic E-state index is 0.135. The Labute approximate surface area is 107 Å². The summed E-state index contributed by atoms with van der Waals surface area (Å²) in [5.74, 6) is 0.135. The van der Waals surface area contributed by atoms with Crippen LogP contribution < -0.4 is 5.32 Å². The van der Waals surface area contributed by atoms with Gasteiger partial charge in [0.1, 0.15) is 6.54 Å². The molecule has 6 nitrogen and oxygen atoms in total. The van der Waals surface area contributed by atoms with Gasteiger partial charge in [-0.3, -0.25) is 4.79 Å². The molecule has 1 aromatic heterocycles. The van der Waals surface area contributed by atoms with Crippen molar-refractivity contribution in [3.05, 3.63) is 18.2 Å².